The zero-order valence-corrected chi connectivity index (χ0v) is 12.5. The second-order valence-corrected chi connectivity index (χ2v) is 6.71. The third kappa shape index (κ3) is 3.15. The lowest BCUT2D eigenvalue weighted by Crippen LogP contribution is -2.54. The van der Waals surface area contributed by atoms with E-state index in [2.05, 4.69) is 10.2 Å². The van der Waals surface area contributed by atoms with Crippen molar-refractivity contribution in [3.8, 4) is 0 Å². The van der Waals surface area contributed by atoms with E-state index in [1.54, 1.807) is 0 Å². The first-order valence-corrected chi connectivity index (χ1v) is 8.11. The molecule has 2 amide bonds. The molecule has 2 N–H and O–H groups in total. The van der Waals surface area contributed by atoms with Gasteiger partial charge in [-0.3, -0.25) is 9.69 Å². The number of carboxylic acid groups (broad SMARTS) is 1. The number of rotatable bonds is 4. The third-order valence-electron chi connectivity index (χ3n) is 5.33. The van der Waals surface area contributed by atoms with Crippen LogP contribution >= 0.6 is 0 Å². The Bertz CT molecular complexity index is 408. The molecule has 1 aliphatic heterocycles. The molecule has 3 fully saturated rings. The van der Waals surface area contributed by atoms with Gasteiger partial charge in [0.1, 0.15) is 0 Å². The van der Waals surface area contributed by atoms with E-state index in [4.69, 9.17) is 5.11 Å². The monoisotopic (exact) mass is 295 g/mol. The van der Waals surface area contributed by atoms with Crippen LogP contribution in [0.1, 0.15) is 38.5 Å². The van der Waals surface area contributed by atoms with Crippen LogP contribution in [0.2, 0.25) is 0 Å². The smallest absolute Gasteiger partial charge is 0.317 e. The van der Waals surface area contributed by atoms with Crippen molar-refractivity contribution >= 4 is 12.0 Å². The predicted molar refractivity (Wildman–Crippen MR) is 78.1 cm³/mol. The average molecular weight is 295 g/mol. The van der Waals surface area contributed by atoms with Crippen molar-refractivity contribution in [3.05, 3.63) is 0 Å². The summed E-state index contributed by atoms with van der Waals surface area (Å²) in [5.41, 5.74) is -0.679. The van der Waals surface area contributed by atoms with Crippen LogP contribution in [0.5, 0.6) is 0 Å². The molecule has 2 aliphatic carbocycles. The Kier molecular flexibility index (Phi) is 4.06. The van der Waals surface area contributed by atoms with E-state index < -0.39 is 11.4 Å². The second kappa shape index (κ2) is 5.83. The molecule has 6 heteroatoms. The Hall–Kier alpha value is -1.30. The molecule has 0 bridgehead atoms. The maximum absolute atomic E-state index is 12.1. The van der Waals surface area contributed by atoms with E-state index in [0.29, 0.717) is 12.8 Å². The van der Waals surface area contributed by atoms with E-state index >= 15 is 0 Å². The zero-order chi connectivity index (χ0) is 14.9. The molecule has 0 aromatic rings. The molecule has 0 spiro atoms. The lowest BCUT2D eigenvalue weighted by atomic mass is 10.1. The van der Waals surface area contributed by atoms with Gasteiger partial charge in [-0.2, -0.15) is 0 Å². The van der Waals surface area contributed by atoms with Gasteiger partial charge in [-0.05, 0) is 25.7 Å². The van der Waals surface area contributed by atoms with Crippen LogP contribution in [0.4, 0.5) is 4.79 Å². The van der Waals surface area contributed by atoms with Gasteiger partial charge in [0.2, 0.25) is 0 Å². The molecule has 1 saturated heterocycles. The Morgan fingerprint density at radius 2 is 1.71 bits per heavy atom. The first-order valence-electron chi connectivity index (χ1n) is 8.11. The maximum atomic E-state index is 12.1. The van der Waals surface area contributed by atoms with Crippen LogP contribution in [-0.2, 0) is 4.79 Å². The van der Waals surface area contributed by atoms with Gasteiger partial charge >= 0.3 is 12.0 Å². The third-order valence-corrected chi connectivity index (χ3v) is 5.33. The molecular formula is C15H25N3O3. The van der Waals surface area contributed by atoms with Crippen molar-refractivity contribution in [2.45, 2.75) is 44.6 Å². The van der Waals surface area contributed by atoms with Gasteiger partial charge < -0.3 is 15.3 Å². The van der Waals surface area contributed by atoms with Crippen LogP contribution in [0.25, 0.3) is 0 Å². The molecule has 3 aliphatic rings. The lowest BCUT2D eigenvalue weighted by molar-refractivity contribution is -0.143. The van der Waals surface area contributed by atoms with Gasteiger partial charge in [0.05, 0.1) is 5.41 Å². The molecule has 118 valence electrons. The maximum Gasteiger partial charge on any atom is 0.317 e. The Morgan fingerprint density at radius 3 is 2.24 bits per heavy atom. The quantitative estimate of drug-likeness (QED) is 0.815. The molecule has 21 heavy (non-hydrogen) atoms. The summed E-state index contributed by atoms with van der Waals surface area (Å²) >= 11 is 0. The second-order valence-electron chi connectivity index (χ2n) is 6.71. The van der Waals surface area contributed by atoms with E-state index in [1.165, 1.54) is 25.7 Å². The lowest BCUT2D eigenvalue weighted by Gasteiger charge is -2.38. The minimum absolute atomic E-state index is 0.103. The van der Waals surface area contributed by atoms with Crippen molar-refractivity contribution < 1.29 is 14.7 Å². The van der Waals surface area contributed by atoms with Crippen LogP contribution in [0.3, 0.4) is 0 Å². The summed E-state index contributed by atoms with van der Waals surface area (Å²) in [6.45, 7) is 3.67. The number of aliphatic carboxylic acids is 1. The van der Waals surface area contributed by atoms with Gasteiger partial charge in [0.25, 0.3) is 0 Å². The van der Waals surface area contributed by atoms with Crippen molar-refractivity contribution in [3.63, 3.8) is 0 Å². The molecule has 0 aromatic heterocycles. The fourth-order valence-electron chi connectivity index (χ4n) is 3.53. The Labute approximate surface area is 125 Å². The number of nitrogens with zero attached hydrogens (tertiary/aromatic N) is 2. The molecule has 0 unspecified atom stereocenters. The van der Waals surface area contributed by atoms with Gasteiger partial charge in [-0.15, -0.1) is 0 Å². The number of carbonyl (C=O) groups excluding carboxylic acids is 1. The zero-order valence-electron chi connectivity index (χ0n) is 12.5. The van der Waals surface area contributed by atoms with E-state index in [9.17, 15) is 9.59 Å². The molecule has 0 atom stereocenters. The number of hydrogen-bond acceptors (Lipinski definition) is 3. The normalized spacial score (nSPS) is 25.8. The van der Waals surface area contributed by atoms with Gasteiger partial charge in [0.15, 0.2) is 0 Å². The molecule has 1 heterocycles. The standard InChI is InChI=1S/C15H25N3O3/c19-13(20)15(5-6-15)11-16-14(21)18-9-7-17(8-10-18)12-3-1-2-4-12/h12H,1-11H2,(H,16,21)(H,19,20). The summed E-state index contributed by atoms with van der Waals surface area (Å²) in [7, 11) is 0. The molecule has 6 nitrogen and oxygen atoms in total. The number of nitrogens with one attached hydrogen (secondary N) is 1. The largest absolute Gasteiger partial charge is 0.481 e. The highest BCUT2D eigenvalue weighted by Gasteiger charge is 2.50. The number of piperazine rings is 1. The summed E-state index contributed by atoms with van der Waals surface area (Å²) in [5, 5.41) is 11.9. The summed E-state index contributed by atoms with van der Waals surface area (Å²) in [6, 6.07) is 0.616. The van der Waals surface area contributed by atoms with Crippen LogP contribution in [-0.4, -0.2) is 65.7 Å². The Morgan fingerprint density at radius 1 is 1.10 bits per heavy atom. The number of urea groups is 1. The number of carboxylic acids is 1. The van der Waals surface area contributed by atoms with E-state index in [0.717, 1.165) is 32.2 Å². The summed E-state index contributed by atoms with van der Waals surface area (Å²) < 4.78 is 0. The fraction of sp³-hybridized carbons (Fsp3) is 0.867. The number of hydrogen-bond donors (Lipinski definition) is 2. The summed E-state index contributed by atoms with van der Waals surface area (Å²) in [4.78, 5) is 27.6. The van der Waals surface area contributed by atoms with E-state index in [-0.39, 0.29) is 12.6 Å². The first-order chi connectivity index (χ1) is 10.1. The van der Waals surface area contributed by atoms with Gasteiger partial charge in [-0.1, -0.05) is 12.8 Å². The van der Waals surface area contributed by atoms with Gasteiger partial charge in [0, 0.05) is 38.8 Å². The van der Waals surface area contributed by atoms with Gasteiger partial charge in [-0.25, -0.2) is 4.79 Å². The minimum atomic E-state index is -0.783. The summed E-state index contributed by atoms with van der Waals surface area (Å²) in [5.74, 6) is -0.783. The summed E-state index contributed by atoms with van der Waals surface area (Å²) in [6.07, 6.45) is 6.63. The van der Waals surface area contributed by atoms with Crippen molar-refractivity contribution in [1.29, 1.82) is 0 Å². The fourth-order valence-corrected chi connectivity index (χ4v) is 3.53. The van der Waals surface area contributed by atoms with Crippen LogP contribution in [0, 0.1) is 5.41 Å². The molecule has 0 aromatic carbocycles. The molecular weight excluding hydrogens is 270 g/mol. The van der Waals surface area contributed by atoms with Crippen LogP contribution < -0.4 is 5.32 Å². The highest BCUT2D eigenvalue weighted by atomic mass is 16.4. The average Bonchev–Trinajstić information content (AvgIpc) is 3.10. The van der Waals surface area contributed by atoms with Crippen molar-refractivity contribution in [2.75, 3.05) is 32.7 Å². The van der Waals surface area contributed by atoms with Crippen molar-refractivity contribution in [1.82, 2.24) is 15.1 Å². The van der Waals surface area contributed by atoms with E-state index in [1.807, 2.05) is 4.90 Å². The topological polar surface area (TPSA) is 72.9 Å². The molecule has 3 rings (SSSR count). The highest BCUT2D eigenvalue weighted by Crippen LogP contribution is 2.45. The number of carbonyl (C=O) groups is 2. The minimum Gasteiger partial charge on any atom is -0.481 e. The molecule has 2 saturated carbocycles. The SMILES string of the molecule is O=C(NCC1(C(=O)O)CC1)N1CCN(C2CCCC2)CC1. The number of amides is 2. The first kappa shape index (κ1) is 14.6. The Balaban J connectivity index is 1.41. The predicted octanol–water partition coefficient (Wildman–Crippen LogP) is 1.12. The van der Waals surface area contributed by atoms with Crippen molar-refractivity contribution in [2.24, 2.45) is 5.41 Å². The highest BCUT2D eigenvalue weighted by molar-refractivity contribution is 5.80. The van der Waals surface area contributed by atoms with Crippen LogP contribution in [0.15, 0.2) is 0 Å². The molecule has 0 radical (unpaired) electrons.